The number of hydrogen-bond acceptors (Lipinski definition) is 5. The van der Waals surface area contributed by atoms with E-state index < -0.39 is 0 Å². The maximum Gasteiger partial charge on any atom is 0.318 e. The molecule has 2 heterocycles. The zero-order valence-corrected chi connectivity index (χ0v) is 15.2. The van der Waals surface area contributed by atoms with Gasteiger partial charge in [0.25, 0.3) is 0 Å². The molecule has 0 spiro atoms. The van der Waals surface area contributed by atoms with Crippen LogP contribution in [0.25, 0.3) is 11.4 Å². The first kappa shape index (κ1) is 17.7. The van der Waals surface area contributed by atoms with Crippen LogP contribution in [-0.4, -0.2) is 58.7 Å². The predicted octanol–water partition coefficient (Wildman–Crippen LogP) is 2.80. The second-order valence-corrected chi connectivity index (χ2v) is 6.49. The van der Waals surface area contributed by atoms with Crippen LogP contribution in [0.1, 0.15) is 25.8 Å². The number of hydrogen-bond donors (Lipinski definition) is 1. The fraction of sp³-hybridized carbons (Fsp3) is 0.471. The molecule has 1 N–H and O–H groups in total. The molecule has 1 aliphatic heterocycles. The second kappa shape index (κ2) is 7.84. The zero-order chi connectivity index (χ0) is 17.8. The van der Waals surface area contributed by atoms with E-state index in [0.29, 0.717) is 16.7 Å². The normalized spacial score (nSPS) is 16.7. The number of rotatable bonds is 4. The third-order valence-corrected chi connectivity index (χ3v) is 4.61. The average molecular weight is 364 g/mol. The maximum atomic E-state index is 12.4. The monoisotopic (exact) mass is 363 g/mol. The highest BCUT2D eigenvalue weighted by atomic mass is 35.5. The summed E-state index contributed by atoms with van der Waals surface area (Å²) in [5, 5.41) is 7.55. The van der Waals surface area contributed by atoms with Crippen LogP contribution in [0.15, 0.2) is 28.8 Å². The summed E-state index contributed by atoms with van der Waals surface area (Å²) >= 11 is 5.88. The van der Waals surface area contributed by atoms with Gasteiger partial charge in [0.1, 0.15) is 6.04 Å². The van der Waals surface area contributed by atoms with E-state index in [1.807, 2.05) is 24.0 Å². The predicted molar refractivity (Wildman–Crippen MR) is 95.4 cm³/mol. The van der Waals surface area contributed by atoms with Crippen molar-refractivity contribution < 1.29 is 9.32 Å². The van der Waals surface area contributed by atoms with Crippen LogP contribution >= 0.6 is 11.6 Å². The first-order chi connectivity index (χ1) is 12.1. The molecular weight excluding hydrogens is 342 g/mol. The Balaban J connectivity index is 1.59. The zero-order valence-electron chi connectivity index (χ0n) is 14.4. The molecular formula is C17H22ClN5O2. The number of amides is 2. The van der Waals surface area contributed by atoms with E-state index in [1.165, 1.54) is 0 Å². The van der Waals surface area contributed by atoms with Crippen molar-refractivity contribution in [3.05, 3.63) is 35.2 Å². The number of likely N-dealkylation sites (N-methyl/N-ethyl adjacent to an activating group) is 1. The highest BCUT2D eigenvalue weighted by Crippen LogP contribution is 2.20. The minimum atomic E-state index is -0.356. The van der Waals surface area contributed by atoms with Crippen molar-refractivity contribution in [2.24, 2.45) is 0 Å². The molecule has 1 aliphatic rings. The molecule has 1 atom stereocenters. The Morgan fingerprint density at radius 3 is 2.60 bits per heavy atom. The molecule has 3 rings (SSSR count). The minimum Gasteiger partial charge on any atom is -0.337 e. The molecule has 134 valence electrons. The molecule has 1 saturated heterocycles. The Morgan fingerprint density at radius 1 is 1.28 bits per heavy atom. The topological polar surface area (TPSA) is 74.5 Å². The van der Waals surface area contributed by atoms with Crippen molar-refractivity contribution in [2.75, 3.05) is 32.7 Å². The van der Waals surface area contributed by atoms with Gasteiger partial charge in [-0.3, -0.25) is 0 Å². The number of urea groups is 1. The number of piperazine rings is 1. The highest BCUT2D eigenvalue weighted by Gasteiger charge is 2.23. The van der Waals surface area contributed by atoms with Gasteiger partial charge in [0, 0.05) is 36.8 Å². The third kappa shape index (κ3) is 4.29. The molecule has 25 heavy (non-hydrogen) atoms. The fourth-order valence-corrected chi connectivity index (χ4v) is 2.86. The molecule has 0 saturated carbocycles. The van der Waals surface area contributed by atoms with Crippen LogP contribution in [0, 0.1) is 0 Å². The van der Waals surface area contributed by atoms with E-state index in [-0.39, 0.29) is 12.1 Å². The summed E-state index contributed by atoms with van der Waals surface area (Å²) in [5.41, 5.74) is 0.814. The number of benzene rings is 1. The van der Waals surface area contributed by atoms with Gasteiger partial charge < -0.3 is 19.6 Å². The van der Waals surface area contributed by atoms with Crippen LogP contribution in [-0.2, 0) is 0 Å². The van der Waals surface area contributed by atoms with E-state index in [9.17, 15) is 4.79 Å². The summed E-state index contributed by atoms with van der Waals surface area (Å²) in [6, 6.07) is 6.74. The molecule has 7 nitrogen and oxygen atoms in total. The number of aromatic nitrogens is 2. The summed E-state index contributed by atoms with van der Waals surface area (Å²) in [4.78, 5) is 20.9. The number of carbonyl (C=O) groups is 1. The van der Waals surface area contributed by atoms with Crippen molar-refractivity contribution in [3.63, 3.8) is 0 Å². The smallest absolute Gasteiger partial charge is 0.318 e. The van der Waals surface area contributed by atoms with Crippen molar-refractivity contribution in [3.8, 4) is 11.4 Å². The van der Waals surface area contributed by atoms with Crippen LogP contribution in [0.4, 0.5) is 4.79 Å². The molecule has 0 aliphatic carbocycles. The van der Waals surface area contributed by atoms with Crippen LogP contribution < -0.4 is 5.32 Å². The molecule has 0 radical (unpaired) electrons. The van der Waals surface area contributed by atoms with E-state index in [1.54, 1.807) is 12.1 Å². The highest BCUT2D eigenvalue weighted by molar-refractivity contribution is 6.30. The number of nitrogens with one attached hydrogen (secondary N) is 1. The maximum absolute atomic E-state index is 12.4. The van der Waals surface area contributed by atoms with E-state index in [0.717, 1.165) is 38.3 Å². The van der Waals surface area contributed by atoms with Crippen LogP contribution in [0.5, 0.6) is 0 Å². The molecule has 2 aromatic rings. The van der Waals surface area contributed by atoms with Gasteiger partial charge in [-0.15, -0.1) is 0 Å². The van der Waals surface area contributed by atoms with Crippen molar-refractivity contribution >= 4 is 17.6 Å². The second-order valence-electron chi connectivity index (χ2n) is 6.06. The van der Waals surface area contributed by atoms with Gasteiger partial charge in [-0.05, 0) is 37.7 Å². The molecule has 8 heteroatoms. The van der Waals surface area contributed by atoms with E-state index in [4.69, 9.17) is 16.1 Å². The van der Waals surface area contributed by atoms with E-state index in [2.05, 4.69) is 27.3 Å². The lowest BCUT2D eigenvalue weighted by Crippen LogP contribution is -2.51. The van der Waals surface area contributed by atoms with Gasteiger partial charge in [-0.1, -0.05) is 23.7 Å². The summed E-state index contributed by atoms with van der Waals surface area (Å²) in [6.45, 7) is 8.24. The molecule has 1 fully saturated rings. The summed E-state index contributed by atoms with van der Waals surface area (Å²) < 4.78 is 5.30. The van der Waals surface area contributed by atoms with Gasteiger partial charge in [-0.2, -0.15) is 4.98 Å². The minimum absolute atomic E-state index is 0.102. The molecule has 2 amide bonds. The van der Waals surface area contributed by atoms with Crippen LogP contribution in [0.2, 0.25) is 5.02 Å². The molecule has 1 aromatic carbocycles. The number of carbonyl (C=O) groups excluding carboxylic acids is 1. The molecule has 0 bridgehead atoms. The average Bonchev–Trinajstić information content (AvgIpc) is 3.12. The van der Waals surface area contributed by atoms with Crippen molar-refractivity contribution in [1.29, 1.82) is 0 Å². The van der Waals surface area contributed by atoms with E-state index >= 15 is 0 Å². The standard InChI is InChI=1S/C17H22ClN5O2/c1-3-22-8-10-23(11-9-22)17(24)19-12(2)16-20-15(21-25-16)13-4-6-14(18)7-5-13/h4-7,12H,3,8-11H2,1-2H3,(H,19,24)/t12-/m0/s1. The molecule has 0 unspecified atom stereocenters. The van der Waals surface area contributed by atoms with Crippen molar-refractivity contribution in [2.45, 2.75) is 19.9 Å². The van der Waals surface area contributed by atoms with Gasteiger partial charge in [0.05, 0.1) is 0 Å². The van der Waals surface area contributed by atoms with Gasteiger partial charge in [0.2, 0.25) is 11.7 Å². The summed E-state index contributed by atoms with van der Waals surface area (Å²) in [5.74, 6) is 0.856. The van der Waals surface area contributed by atoms with Crippen LogP contribution in [0.3, 0.4) is 0 Å². The fourth-order valence-electron chi connectivity index (χ4n) is 2.73. The Morgan fingerprint density at radius 2 is 1.96 bits per heavy atom. The van der Waals surface area contributed by atoms with Gasteiger partial charge in [-0.25, -0.2) is 4.79 Å². The summed E-state index contributed by atoms with van der Waals surface area (Å²) in [7, 11) is 0. The number of halogens is 1. The Bertz CT molecular complexity index is 710. The lowest BCUT2D eigenvalue weighted by Gasteiger charge is -2.34. The first-order valence-corrected chi connectivity index (χ1v) is 8.82. The molecule has 1 aromatic heterocycles. The first-order valence-electron chi connectivity index (χ1n) is 8.44. The Hall–Kier alpha value is -2.12. The largest absolute Gasteiger partial charge is 0.337 e. The lowest BCUT2D eigenvalue weighted by molar-refractivity contribution is 0.140. The Kier molecular flexibility index (Phi) is 5.55. The third-order valence-electron chi connectivity index (χ3n) is 4.36. The summed E-state index contributed by atoms with van der Waals surface area (Å²) in [6.07, 6.45) is 0. The SMILES string of the molecule is CCN1CCN(C(=O)N[C@@H](C)c2nc(-c3ccc(Cl)cc3)no2)CC1. The lowest BCUT2D eigenvalue weighted by atomic mass is 10.2. The quantitative estimate of drug-likeness (QED) is 0.904. The Labute approximate surface area is 151 Å². The number of nitrogens with zero attached hydrogens (tertiary/aromatic N) is 4. The van der Waals surface area contributed by atoms with Crippen molar-refractivity contribution in [1.82, 2.24) is 25.3 Å². The van der Waals surface area contributed by atoms with Gasteiger partial charge >= 0.3 is 6.03 Å². The van der Waals surface area contributed by atoms with Gasteiger partial charge in [0.15, 0.2) is 0 Å².